The summed E-state index contributed by atoms with van der Waals surface area (Å²) in [6.07, 6.45) is 6.03. The summed E-state index contributed by atoms with van der Waals surface area (Å²) in [5.74, 6) is 0.537. The van der Waals surface area contributed by atoms with Gasteiger partial charge in [-0.2, -0.15) is 0 Å². The molecule has 5 heteroatoms. The first-order chi connectivity index (χ1) is 9.19. The standard InChI is InChI=1S/C14H22N2O3/c1-18-6-5-14(3-2-4-14)10-16-13(17)11-7-12(8-15)19-9-11/h7,9H,2-6,8,10,15H2,1H3,(H,16,17). The molecule has 19 heavy (non-hydrogen) atoms. The minimum absolute atomic E-state index is 0.0906. The quantitative estimate of drug-likeness (QED) is 0.787. The van der Waals surface area contributed by atoms with Gasteiger partial charge in [0.05, 0.1) is 12.1 Å². The second-order valence-electron chi connectivity index (χ2n) is 5.28. The topological polar surface area (TPSA) is 77.5 Å². The van der Waals surface area contributed by atoms with Crippen LogP contribution in [-0.4, -0.2) is 26.2 Å². The fraction of sp³-hybridized carbons (Fsp3) is 0.643. The summed E-state index contributed by atoms with van der Waals surface area (Å²) in [7, 11) is 1.71. The molecule has 2 rings (SSSR count). The van der Waals surface area contributed by atoms with E-state index in [1.807, 2.05) is 0 Å². The van der Waals surface area contributed by atoms with Gasteiger partial charge in [0, 0.05) is 20.3 Å². The predicted octanol–water partition coefficient (Wildman–Crippen LogP) is 1.67. The maximum absolute atomic E-state index is 12.0. The Balaban J connectivity index is 1.85. The van der Waals surface area contributed by atoms with E-state index in [1.54, 1.807) is 13.2 Å². The molecular formula is C14H22N2O3. The maximum Gasteiger partial charge on any atom is 0.254 e. The van der Waals surface area contributed by atoms with E-state index in [4.69, 9.17) is 14.9 Å². The number of ether oxygens (including phenoxy) is 1. The average molecular weight is 266 g/mol. The van der Waals surface area contributed by atoms with E-state index in [0.717, 1.165) is 25.9 Å². The number of rotatable bonds is 7. The van der Waals surface area contributed by atoms with Crippen LogP contribution in [0.3, 0.4) is 0 Å². The van der Waals surface area contributed by atoms with Gasteiger partial charge in [-0.25, -0.2) is 0 Å². The van der Waals surface area contributed by atoms with Crippen molar-refractivity contribution in [3.05, 3.63) is 23.7 Å². The van der Waals surface area contributed by atoms with Crippen molar-refractivity contribution in [3.63, 3.8) is 0 Å². The van der Waals surface area contributed by atoms with Crippen molar-refractivity contribution in [2.45, 2.75) is 32.2 Å². The maximum atomic E-state index is 12.0. The minimum atomic E-state index is -0.0906. The summed E-state index contributed by atoms with van der Waals surface area (Å²) in [5.41, 5.74) is 6.22. The molecule has 1 aromatic rings. The Hall–Kier alpha value is -1.33. The van der Waals surface area contributed by atoms with Crippen molar-refractivity contribution in [2.75, 3.05) is 20.3 Å². The molecule has 0 bridgehead atoms. The Morgan fingerprint density at radius 3 is 2.89 bits per heavy atom. The molecule has 0 aliphatic heterocycles. The van der Waals surface area contributed by atoms with Crippen LogP contribution >= 0.6 is 0 Å². The Labute approximate surface area is 113 Å². The van der Waals surface area contributed by atoms with Crippen molar-refractivity contribution in [3.8, 4) is 0 Å². The van der Waals surface area contributed by atoms with E-state index in [-0.39, 0.29) is 11.3 Å². The predicted molar refractivity (Wildman–Crippen MR) is 71.7 cm³/mol. The van der Waals surface area contributed by atoms with Crippen LogP contribution in [0.2, 0.25) is 0 Å². The Kier molecular flexibility index (Phi) is 4.61. The van der Waals surface area contributed by atoms with E-state index in [2.05, 4.69) is 5.32 Å². The molecule has 1 aliphatic carbocycles. The largest absolute Gasteiger partial charge is 0.467 e. The highest BCUT2D eigenvalue weighted by Crippen LogP contribution is 2.43. The van der Waals surface area contributed by atoms with Gasteiger partial charge in [0.25, 0.3) is 5.91 Å². The molecular weight excluding hydrogens is 244 g/mol. The summed E-state index contributed by atoms with van der Waals surface area (Å²) in [6.45, 7) is 1.77. The molecule has 1 aromatic heterocycles. The highest BCUT2D eigenvalue weighted by atomic mass is 16.5. The van der Waals surface area contributed by atoms with Gasteiger partial charge in [-0.1, -0.05) is 6.42 Å². The van der Waals surface area contributed by atoms with Gasteiger partial charge in [0.15, 0.2) is 0 Å². The normalized spacial score (nSPS) is 16.9. The molecule has 1 aliphatic rings. The lowest BCUT2D eigenvalue weighted by Crippen LogP contribution is -2.42. The Bertz CT molecular complexity index is 424. The van der Waals surface area contributed by atoms with Gasteiger partial charge < -0.3 is 20.2 Å². The molecule has 0 atom stereocenters. The molecule has 0 radical (unpaired) electrons. The van der Waals surface area contributed by atoms with E-state index in [1.165, 1.54) is 12.7 Å². The molecule has 106 valence electrons. The van der Waals surface area contributed by atoms with Crippen LogP contribution in [0.15, 0.2) is 16.7 Å². The molecule has 1 fully saturated rings. The highest BCUT2D eigenvalue weighted by Gasteiger charge is 2.36. The fourth-order valence-corrected chi connectivity index (χ4v) is 2.49. The second kappa shape index (κ2) is 6.21. The lowest BCUT2D eigenvalue weighted by molar-refractivity contribution is 0.0631. The zero-order valence-electron chi connectivity index (χ0n) is 11.4. The monoisotopic (exact) mass is 266 g/mol. The fourth-order valence-electron chi connectivity index (χ4n) is 2.49. The van der Waals surface area contributed by atoms with Gasteiger partial charge in [-0.05, 0) is 30.7 Å². The first-order valence-corrected chi connectivity index (χ1v) is 6.74. The smallest absolute Gasteiger partial charge is 0.254 e. The van der Waals surface area contributed by atoms with Crippen molar-refractivity contribution >= 4 is 5.91 Å². The third-order valence-electron chi connectivity index (χ3n) is 3.99. The lowest BCUT2D eigenvalue weighted by atomic mass is 9.66. The summed E-state index contributed by atoms with van der Waals surface area (Å²) >= 11 is 0. The SMILES string of the molecule is COCCC1(CNC(=O)c2coc(CN)c2)CCC1. The molecule has 1 amide bonds. The van der Waals surface area contributed by atoms with Gasteiger partial charge in [0.2, 0.25) is 0 Å². The van der Waals surface area contributed by atoms with Crippen molar-refractivity contribution < 1.29 is 13.9 Å². The van der Waals surface area contributed by atoms with Crippen LogP contribution in [0.5, 0.6) is 0 Å². The molecule has 0 unspecified atom stereocenters. The minimum Gasteiger partial charge on any atom is -0.467 e. The van der Waals surface area contributed by atoms with Crippen LogP contribution < -0.4 is 11.1 Å². The summed E-state index contributed by atoms with van der Waals surface area (Å²) in [6, 6.07) is 1.69. The third kappa shape index (κ3) is 3.36. The van der Waals surface area contributed by atoms with Crippen LogP contribution in [0.1, 0.15) is 41.8 Å². The highest BCUT2D eigenvalue weighted by molar-refractivity contribution is 5.94. The lowest BCUT2D eigenvalue weighted by Gasteiger charge is -2.42. The van der Waals surface area contributed by atoms with E-state index in [0.29, 0.717) is 24.4 Å². The van der Waals surface area contributed by atoms with E-state index in [9.17, 15) is 4.79 Å². The van der Waals surface area contributed by atoms with Crippen LogP contribution in [0, 0.1) is 5.41 Å². The third-order valence-corrected chi connectivity index (χ3v) is 3.99. The summed E-state index contributed by atoms with van der Waals surface area (Å²) < 4.78 is 10.3. The van der Waals surface area contributed by atoms with Crippen molar-refractivity contribution in [1.82, 2.24) is 5.32 Å². The van der Waals surface area contributed by atoms with Crippen LogP contribution in [-0.2, 0) is 11.3 Å². The van der Waals surface area contributed by atoms with Gasteiger partial charge in [-0.15, -0.1) is 0 Å². The number of nitrogens with one attached hydrogen (secondary N) is 1. The first-order valence-electron chi connectivity index (χ1n) is 6.74. The molecule has 0 saturated heterocycles. The van der Waals surface area contributed by atoms with Gasteiger partial charge in [-0.3, -0.25) is 4.79 Å². The summed E-state index contributed by atoms with van der Waals surface area (Å²) in [4.78, 5) is 12.0. The number of carbonyl (C=O) groups excluding carboxylic acids is 1. The van der Waals surface area contributed by atoms with Crippen molar-refractivity contribution in [2.24, 2.45) is 11.1 Å². The molecule has 0 aromatic carbocycles. The number of carbonyl (C=O) groups is 1. The van der Waals surface area contributed by atoms with Gasteiger partial charge >= 0.3 is 0 Å². The molecule has 5 nitrogen and oxygen atoms in total. The van der Waals surface area contributed by atoms with Crippen LogP contribution in [0.4, 0.5) is 0 Å². The second-order valence-corrected chi connectivity index (χ2v) is 5.28. The molecule has 0 spiro atoms. The first kappa shape index (κ1) is 14.1. The number of furan rings is 1. The Morgan fingerprint density at radius 2 is 2.37 bits per heavy atom. The molecule has 1 heterocycles. The zero-order valence-corrected chi connectivity index (χ0v) is 11.4. The number of hydrogen-bond acceptors (Lipinski definition) is 4. The van der Waals surface area contributed by atoms with Gasteiger partial charge in [0.1, 0.15) is 12.0 Å². The average Bonchev–Trinajstić information content (AvgIpc) is 2.85. The number of methoxy groups -OCH3 is 1. The number of nitrogens with two attached hydrogens (primary N) is 1. The summed E-state index contributed by atoms with van der Waals surface area (Å²) in [5, 5.41) is 2.99. The Morgan fingerprint density at radius 1 is 1.58 bits per heavy atom. The zero-order chi connectivity index (χ0) is 13.7. The van der Waals surface area contributed by atoms with E-state index >= 15 is 0 Å². The number of hydrogen-bond donors (Lipinski definition) is 2. The number of amides is 1. The van der Waals surface area contributed by atoms with E-state index < -0.39 is 0 Å². The molecule has 1 saturated carbocycles. The molecule has 3 N–H and O–H groups in total. The van der Waals surface area contributed by atoms with Crippen molar-refractivity contribution in [1.29, 1.82) is 0 Å². The van der Waals surface area contributed by atoms with Crippen LogP contribution in [0.25, 0.3) is 0 Å².